The van der Waals surface area contributed by atoms with E-state index >= 15 is 0 Å². The number of hydrogen-bond donors (Lipinski definition) is 2. The van der Waals surface area contributed by atoms with Crippen molar-refractivity contribution in [2.75, 3.05) is 4.72 Å². The van der Waals surface area contributed by atoms with Crippen LogP contribution < -0.4 is 4.72 Å². The second-order valence-electron chi connectivity index (χ2n) is 5.71. The van der Waals surface area contributed by atoms with Gasteiger partial charge in [-0.1, -0.05) is 41.4 Å². The number of aromatic nitrogens is 2. The number of halogens is 2. The van der Waals surface area contributed by atoms with E-state index in [1.165, 1.54) is 0 Å². The van der Waals surface area contributed by atoms with Crippen LogP contribution >= 0.6 is 23.2 Å². The minimum atomic E-state index is -3.79. The number of rotatable bonds is 3. The lowest BCUT2D eigenvalue weighted by Crippen LogP contribution is -2.13. The van der Waals surface area contributed by atoms with Gasteiger partial charge in [-0.25, -0.2) is 8.42 Å². The Balaban J connectivity index is 1.86. The van der Waals surface area contributed by atoms with Gasteiger partial charge in [-0.15, -0.1) is 0 Å². The Morgan fingerprint density at radius 3 is 2.64 bits per heavy atom. The van der Waals surface area contributed by atoms with E-state index in [1.54, 1.807) is 35.2 Å². The maximum Gasteiger partial charge on any atom is 0.264 e. The van der Waals surface area contributed by atoms with Gasteiger partial charge in [0.25, 0.3) is 10.0 Å². The predicted molar refractivity (Wildman–Crippen MR) is 102 cm³/mol. The number of H-pyrrole nitrogens is 1. The highest BCUT2D eigenvalue weighted by Crippen LogP contribution is 2.36. The number of sulfonamides is 1. The quantitative estimate of drug-likeness (QED) is 0.526. The summed E-state index contributed by atoms with van der Waals surface area (Å²) in [6.07, 6.45) is 3.18. The maximum atomic E-state index is 13.0. The number of nitrogens with zero attached hydrogens (tertiary/aromatic N) is 1. The number of para-hydroxylation sites is 1. The van der Waals surface area contributed by atoms with Crippen LogP contribution in [0.3, 0.4) is 0 Å². The SMILES string of the molecule is Cn1cc(S(=O)(=O)Nc2ccc(Cl)c3c(Cl)c[nH]c23)c2ccccc21. The smallest absolute Gasteiger partial charge is 0.264 e. The van der Waals surface area contributed by atoms with E-state index in [-0.39, 0.29) is 4.90 Å². The van der Waals surface area contributed by atoms with E-state index in [0.29, 0.717) is 32.0 Å². The van der Waals surface area contributed by atoms with Crippen molar-refractivity contribution >= 4 is 60.7 Å². The van der Waals surface area contributed by atoms with Crippen LogP contribution in [0.2, 0.25) is 10.0 Å². The van der Waals surface area contributed by atoms with Gasteiger partial charge in [0, 0.05) is 35.7 Å². The van der Waals surface area contributed by atoms with Crippen LogP contribution in [0, 0.1) is 0 Å². The molecule has 0 bridgehead atoms. The fraction of sp³-hybridized carbons (Fsp3) is 0.0588. The molecule has 2 N–H and O–H groups in total. The van der Waals surface area contributed by atoms with Gasteiger partial charge in [-0.2, -0.15) is 0 Å². The van der Waals surface area contributed by atoms with Crippen molar-refractivity contribution in [3.05, 3.63) is 58.8 Å². The number of aryl methyl sites for hydroxylation is 1. The van der Waals surface area contributed by atoms with E-state index in [0.717, 1.165) is 5.52 Å². The summed E-state index contributed by atoms with van der Waals surface area (Å²) in [6.45, 7) is 0. The molecule has 0 aliphatic heterocycles. The highest BCUT2D eigenvalue weighted by atomic mass is 35.5. The topological polar surface area (TPSA) is 66.9 Å². The van der Waals surface area contributed by atoms with Crippen LogP contribution in [0.15, 0.2) is 53.7 Å². The summed E-state index contributed by atoms with van der Waals surface area (Å²) < 4.78 is 30.3. The van der Waals surface area contributed by atoms with Crippen LogP contribution in [-0.4, -0.2) is 18.0 Å². The zero-order valence-corrected chi connectivity index (χ0v) is 15.4. The molecule has 2 heterocycles. The van der Waals surface area contributed by atoms with Crippen molar-refractivity contribution in [3.63, 3.8) is 0 Å². The van der Waals surface area contributed by atoms with Crippen molar-refractivity contribution < 1.29 is 8.42 Å². The largest absolute Gasteiger partial charge is 0.358 e. The lowest BCUT2D eigenvalue weighted by Gasteiger charge is -2.09. The first-order chi connectivity index (χ1) is 11.9. The molecule has 2 aromatic heterocycles. The first kappa shape index (κ1) is 16.3. The van der Waals surface area contributed by atoms with Gasteiger partial charge in [0.1, 0.15) is 4.90 Å². The number of aromatic amines is 1. The lowest BCUT2D eigenvalue weighted by atomic mass is 10.2. The standard InChI is InChI=1S/C17H13Cl2N3O2S/c1-22-9-15(10-4-2-3-5-14(10)22)25(23,24)21-13-7-6-11(18)16-12(19)8-20-17(13)16/h2-9,20-21H,1H3. The molecule has 0 spiro atoms. The molecule has 0 saturated carbocycles. The Hall–Kier alpha value is -2.15. The summed E-state index contributed by atoms with van der Waals surface area (Å²) in [5.74, 6) is 0. The lowest BCUT2D eigenvalue weighted by molar-refractivity contribution is 0.601. The molecule has 0 aliphatic carbocycles. The Kier molecular flexibility index (Phi) is 3.72. The molecule has 2 aromatic carbocycles. The van der Waals surface area contributed by atoms with E-state index in [9.17, 15) is 8.42 Å². The monoisotopic (exact) mass is 393 g/mol. The van der Waals surface area contributed by atoms with Crippen molar-refractivity contribution in [2.24, 2.45) is 7.05 Å². The summed E-state index contributed by atoms with van der Waals surface area (Å²) in [4.78, 5) is 3.18. The highest BCUT2D eigenvalue weighted by molar-refractivity contribution is 7.93. The molecule has 0 amide bonds. The number of nitrogens with one attached hydrogen (secondary N) is 2. The van der Waals surface area contributed by atoms with Gasteiger partial charge < -0.3 is 9.55 Å². The van der Waals surface area contributed by atoms with Crippen LogP contribution in [-0.2, 0) is 17.1 Å². The third-order valence-electron chi connectivity index (χ3n) is 4.13. The van der Waals surface area contributed by atoms with Crippen LogP contribution in [0.1, 0.15) is 0 Å². The zero-order valence-electron chi connectivity index (χ0n) is 13.0. The maximum absolute atomic E-state index is 13.0. The minimum absolute atomic E-state index is 0.214. The molecule has 8 heteroatoms. The summed E-state index contributed by atoms with van der Waals surface area (Å²) in [7, 11) is -1.98. The van der Waals surface area contributed by atoms with E-state index in [2.05, 4.69) is 9.71 Å². The molecule has 0 radical (unpaired) electrons. The van der Waals surface area contributed by atoms with Gasteiger partial charge in [-0.05, 0) is 18.2 Å². The molecular formula is C17H13Cl2N3O2S. The van der Waals surface area contributed by atoms with Crippen LogP contribution in [0.5, 0.6) is 0 Å². The average molecular weight is 394 g/mol. The van der Waals surface area contributed by atoms with Gasteiger partial charge in [0.15, 0.2) is 0 Å². The highest BCUT2D eigenvalue weighted by Gasteiger charge is 2.22. The van der Waals surface area contributed by atoms with Crippen molar-refractivity contribution in [2.45, 2.75) is 4.90 Å². The summed E-state index contributed by atoms with van der Waals surface area (Å²) in [5.41, 5.74) is 1.77. The third-order valence-corrected chi connectivity index (χ3v) is 6.14. The Morgan fingerprint density at radius 1 is 1.08 bits per heavy atom. The normalized spacial score (nSPS) is 12.1. The Morgan fingerprint density at radius 2 is 1.84 bits per heavy atom. The van der Waals surface area contributed by atoms with Crippen LogP contribution in [0.25, 0.3) is 21.8 Å². The van der Waals surface area contributed by atoms with Crippen molar-refractivity contribution in [1.29, 1.82) is 0 Å². The zero-order chi connectivity index (χ0) is 17.8. The molecule has 0 atom stereocenters. The molecule has 4 aromatic rings. The molecule has 0 aliphatic rings. The van der Waals surface area contributed by atoms with Crippen LogP contribution in [0.4, 0.5) is 5.69 Å². The predicted octanol–water partition coefficient (Wildman–Crippen LogP) is 4.77. The minimum Gasteiger partial charge on any atom is -0.358 e. The molecule has 0 fully saturated rings. The van der Waals surface area contributed by atoms with E-state index in [1.807, 2.05) is 25.2 Å². The fourth-order valence-corrected chi connectivity index (χ4v) is 4.86. The fourth-order valence-electron chi connectivity index (χ4n) is 2.97. The molecule has 128 valence electrons. The van der Waals surface area contributed by atoms with Gasteiger partial charge >= 0.3 is 0 Å². The molecule has 4 rings (SSSR count). The molecule has 0 saturated heterocycles. The molecular weight excluding hydrogens is 381 g/mol. The molecule has 5 nitrogen and oxygen atoms in total. The Bertz CT molecular complexity index is 1230. The summed E-state index contributed by atoms with van der Waals surface area (Å²) in [6, 6.07) is 10.6. The summed E-state index contributed by atoms with van der Waals surface area (Å²) >= 11 is 12.3. The van der Waals surface area contributed by atoms with Crippen molar-refractivity contribution in [1.82, 2.24) is 9.55 Å². The third kappa shape index (κ3) is 2.57. The van der Waals surface area contributed by atoms with Gasteiger partial charge in [-0.3, -0.25) is 4.72 Å². The van der Waals surface area contributed by atoms with E-state index in [4.69, 9.17) is 23.2 Å². The molecule has 25 heavy (non-hydrogen) atoms. The first-order valence-corrected chi connectivity index (χ1v) is 9.64. The van der Waals surface area contributed by atoms with Crippen molar-refractivity contribution in [3.8, 4) is 0 Å². The second-order valence-corrected chi connectivity index (χ2v) is 8.17. The van der Waals surface area contributed by atoms with E-state index < -0.39 is 10.0 Å². The number of hydrogen-bond acceptors (Lipinski definition) is 2. The van der Waals surface area contributed by atoms with Gasteiger partial charge in [0.05, 0.1) is 21.2 Å². The molecule has 0 unspecified atom stereocenters. The second kappa shape index (κ2) is 5.69. The number of benzene rings is 2. The Labute approximate surface area is 154 Å². The average Bonchev–Trinajstić information content (AvgIpc) is 3.13. The first-order valence-electron chi connectivity index (χ1n) is 7.40. The van der Waals surface area contributed by atoms with Gasteiger partial charge in [0.2, 0.25) is 0 Å². The number of fused-ring (bicyclic) bond motifs is 2. The number of anilines is 1. The summed E-state index contributed by atoms with van der Waals surface area (Å²) in [5, 5.41) is 2.13.